The molecule has 4 heteroatoms. The van der Waals surface area contributed by atoms with E-state index >= 15 is 0 Å². The number of nitrogens with zero attached hydrogens (tertiary/aromatic N) is 2. The maximum Gasteiger partial charge on any atom is 0.238 e. The molecule has 1 aromatic carbocycles. The van der Waals surface area contributed by atoms with Crippen molar-refractivity contribution in [2.24, 2.45) is 5.92 Å². The first-order chi connectivity index (χ1) is 9.71. The van der Waals surface area contributed by atoms with Crippen molar-refractivity contribution in [3.63, 3.8) is 0 Å². The Morgan fingerprint density at radius 2 is 2.20 bits per heavy atom. The Morgan fingerprint density at radius 3 is 2.85 bits per heavy atom. The number of benzene rings is 1. The molecule has 2 rings (SSSR count). The summed E-state index contributed by atoms with van der Waals surface area (Å²) in [4.78, 5) is 14.2. The first-order valence-corrected chi connectivity index (χ1v) is 7.23. The molecule has 4 nitrogen and oxygen atoms in total. The van der Waals surface area contributed by atoms with Crippen LogP contribution < -0.4 is 5.32 Å². The molecule has 0 unspecified atom stereocenters. The second-order valence-electron chi connectivity index (χ2n) is 5.37. The van der Waals surface area contributed by atoms with Crippen molar-refractivity contribution in [3.05, 3.63) is 29.8 Å². The Hall–Kier alpha value is -1.86. The fraction of sp³-hybridized carbons (Fsp3) is 0.500. The number of carbonyl (C=O) groups is 1. The zero-order valence-electron chi connectivity index (χ0n) is 11.9. The maximum atomic E-state index is 12.0. The lowest BCUT2D eigenvalue weighted by molar-refractivity contribution is -0.117. The molecule has 1 aliphatic rings. The first-order valence-electron chi connectivity index (χ1n) is 7.23. The molecular weight excluding hydrogens is 250 g/mol. The summed E-state index contributed by atoms with van der Waals surface area (Å²) in [5.74, 6) is 0.816. The van der Waals surface area contributed by atoms with Gasteiger partial charge in [0.15, 0.2) is 0 Å². The van der Waals surface area contributed by atoms with Crippen LogP contribution in [0.2, 0.25) is 0 Å². The molecular formula is C16H21N3O. The SMILES string of the molecule is CCC1CCN(CC(=O)Nc2cccc(C#N)c2)CC1. The van der Waals surface area contributed by atoms with Gasteiger partial charge in [-0.05, 0) is 50.0 Å². The van der Waals surface area contributed by atoms with Crippen LogP contribution in [0, 0.1) is 17.2 Å². The standard InChI is InChI=1S/C16H21N3O/c1-2-13-6-8-19(9-7-13)12-16(20)18-15-5-3-4-14(10-15)11-17/h3-5,10,13H,2,6-9,12H2,1H3,(H,18,20). The third-order valence-electron chi connectivity index (χ3n) is 3.93. The topological polar surface area (TPSA) is 56.1 Å². The van der Waals surface area contributed by atoms with Crippen LogP contribution in [-0.4, -0.2) is 30.4 Å². The molecule has 20 heavy (non-hydrogen) atoms. The Morgan fingerprint density at radius 1 is 1.45 bits per heavy atom. The summed E-state index contributed by atoms with van der Waals surface area (Å²) in [5.41, 5.74) is 1.25. The van der Waals surface area contributed by atoms with E-state index in [1.165, 1.54) is 19.3 Å². The molecule has 0 atom stereocenters. The summed E-state index contributed by atoms with van der Waals surface area (Å²) in [5, 5.41) is 11.7. The van der Waals surface area contributed by atoms with Crippen LogP contribution in [0.3, 0.4) is 0 Å². The lowest BCUT2D eigenvalue weighted by Crippen LogP contribution is -2.39. The van der Waals surface area contributed by atoms with Crippen molar-refractivity contribution in [2.45, 2.75) is 26.2 Å². The second kappa shape index (κ2) is 7.06. The zero-order valence-corrected chi connectivity index (χ0v) is 11.9. The molecule has 1 heterocycles. The Balaban J connectivity index is 1.82. The van der Waals surface area contributed by atoms with E-state index in [0.29, 0.717) is 17.8 Å². The highest BCUT2D eigenvalue weighted by Crippen LogP contribution is 2.19. The predicted octanol–water partition coefficient (Wildman–Crippen LogP) is 2.62. The highest BCUT2D eigenvalue weighted by Gasteiger charge is 2.19. The monoisotopic (exact) mass is 271 g/mol. The molecule has 0 saturated carbocycles. The number of nitriles is 1. The smallest absolute Gasteiger partial charge is 0.238 e. The lowest BCUT2D eigenvalue weighted by atomic mass is 9.94. The minimum absolute atomic E-state index is 0.00459. The number of likely N-dealkylation sites (tertiary alicyclic amines) is 1. The molecule has 1 aromatic rings. The normalized spacial score (nSPS) is 16.6. The average molecular weight is 271 g/mol. The van der Waals surface area contributed by atoms with Crippen molar-refractivity contribution in [1.29, 1.82) is 5.26 Å². The van der Waals surface area contributed by atoms with E-state index < -0.39 is 0 Å². The number of piperidine rings is 1. The van der Waals surface area contributed by atoms with Crippen LogP contribution in [0.15, 0.2) is 24.3 Å². The molecule has 0 spiro atoms. The fourth-order valence-corrected chi connectivity index (χ4v) is 2.62. The molecule has 1 aliphatic heterocycles. The molecule has 0 aliphatic carbocycles. The summed E-state index contributed by atoms with van der Waals surface area (Å²) in [6.45, 7) is 4.68. The van der Waals surface area contributed by atoms with E-state index in [1.807, 2.05) is 6.07 Å². The minimum Gasteiger partial charge on any atom is -0.325 e. The fourth-order valence-electron chi connectivity index (χ4n) is 2.62. The third kappa shape index (κ3) is 4.07. The molecule has 0 radical (unpaired) electrons. The van der Waals surface area contributed by atoms with Crippen LogP contribution in [0.1, 0.15) is 31.7 Å². The molecule has 1 fully saturated rings. The summed E-state index contributed by atoms with van der Waals surface area (Å²) in [7, 11) is 0. The number of carbonyl (C=O) groups excluding carboxylic acids is 1. The summed E-state index contributed by atoms with van der Waals surface area (Å²) >= 11 is 0. The van der Waals surface area contributed by atoms with Gasteiger partial charge < -0.3 is 5.32 Å². The number of hydrogen-bond acceptors (Lipinski definition) is 3. The van der Waals surface area contributed by atoms with Gasteiger partial charge in [0, 0.05) is 5.69 Å². The van der Waals surface area contributed by atoms with Crippen LogP contribution in [0.4, 0.5) is 5.69 Å². The van der Waals surface area contributed by atoms with Gasteiger partial charge in [0.25, 0.3) is 0 Å². The van der Waals surface area contributed by atoms with Gasteiger partial charge in [-0.3, -0.25) is 9.69 Å². The Labute approximate surface area is 120 Å². The largest absolute Gasteiger partial charge is 0.325 e. The molecule has 1 amide bonds. The molecule has 0 aromatic heterocycles. The van der Waals surface area contributed by atoms with Gasteiger partial charge in [-0.25, -0.2) is 0 Å². The van der Waals surface area contributed by atoms with E-state index in [9.17, 15) is 4.79 Å². The van der Waals surface area contributed by atoms with E-state index in [1.54, 1.807) is 18.2 Å². The second-order valence-corrected chi connectivity index (χ2v) is 5.37. The third-order valence-corrected chi connectivity index (χ3v) is 3.93. The van der Waals surface area contributed by atoms with Crippen molar-refractivity contribution in [1.82, 2.24) is 4.90 Å². The van der Waals surface area contributed by atoms with Gasteiger partial charge in [0.1, 0.15) is 0 Å². The number of rotatable bonds is 4. The lowest BCUT2D eigenvalue weighted by Gasteiger charge is -2.30. The van der Waals surface area contributed by atoms with Crippen LogP contribution in [0.5, 0.6) is 0 Å². The van der Waals surface area contributed by atoms with Crippen molar-refractivity contribution in [2.75, 3.05) is 25.0 Å². The molecule has 106 valence electrons. The quantitative estimate of drug-likeness (QED) is 0.915. The first kappa shape index (κ1) is 14.5. The van der Waals surface area contributed by atoms with Gasteiger partial charge in [-0.1, -0.05) is 19.4 Å². The summed E-state index contributed by atoms with van der Waals surface area (Å²) in [6, 6.07) is 9.08. The predicted molar refractivity (Wildman–Crippen MR) is 79.2 cm³/mol. The van der Waals surface area contributed by atoms with Gasteiger partial charge in [-0.2, -0.15) is 5.26 Å². The van der Waals surface area contributed by atoms with E-state index in [0.717, 1.165) is 19.0 Å². The zero-order chi connectivity index (χ0) is 14.4. The van der Waals surface area contributed by atoms with Crippen LogP contribution in [-0.2, 0) is 4.79 Å². The van der Waals surface area contributed by atoms with Crippen LogP contribution in [0.25, 0.3) is 0 Å². The van der Waals surface area contributed by atoms with Gasteiger partial charge >= 0.3 is 0 Å². The maximum absolute atomic E-state index is 12.0. The molecule has 1 saturated heterocycles. The van der Waals surface area contributed by atoms with E-state index in [-0.39, 0.29) is 5.91 Å². The average Bonchev–Trinajstić information content (AvgIpc) is 2.48. The minimum atomic E-state index is -0.00459. The number of anilines is 1. The van der Waals surface area contributed by atoms with Gasteiger partial charge in [-0.15, -0.1) is 0 Å². The van der Waals surface area contributed by atoms with Gasteiger partial charge in [0.2, 0.25) is 5.91 Å². The van der Waals surface area contributed by atoms with E-state index in [4.69, 9.17) is 5.26 Å². The molecule has 1 N–H and O–H groups in total. The number of hydrogen-bond donors (Lipinski definition) is 1. The molecule has 0 bridgehead atoms. The number of amides is 1. The summed E-state index contributed by atoms with van der Waals surface area (Å²) < 4.78 is 0. The van der Waals surface area contributed by atoms with E-state index in [2.05, 4.69) is 23.2 Å². The highest BCUT2D eigenvalue weighted by molar-refractivity contribution is 5.92. The Kier molecular flexibility index (Phi) is 5.14. The van der Waals surface area contributed by atoms with Crippen LogP contribution >= 0.6 is 0 Å². The number of nitrogens with one attached hydrogen (secondary N) is 1. The highest BCUT2D eigenvalue weighted by atomic mass is 16.2. The van der Waals surface area contributed by atoms with Crippen molar-refractivity contribution in [3.8, 4) is 6.07 Å². The van der Waals surface area contributed by atoms with Crippen molar-refractivity contribution >= 4 is 11.6 Å². The summed E-state index contributed by atoms with van der Waals surface area (Å²) in [6.07, 6.45) is 3.61. The van der Waals surface area contributed by atoms with Crippen molar-refractivity contribution < 1.29 is 4.79 Å². The Bertz CT molecular complexity index is 499. The van der Waals surface area contributed by atoms with Gasteiger partial charge in [0.05, 0.1) is 18.2 Å².